The summed E-state index contributed by atoms with van der Waals surface area (Å²) in [6.45, 7) is 3.23. The summed E-state index contributed by atoms with van der Waals surface area (Å²) < 4.78 is 0. The summed E-state index contributed by atoms with van der Waals surface area (Å²) >= 11 is 0. The van der Waals surface area contributed by atoms with Gasteiger partial charge in [-0.1, -0.05) is 36.8 Å². The van der Waals surface area contributed by atoms with Gasteiger partial charge >= 0.3 is 6.03 Å². The Kier molecular flexibility index (Phi) is 8.88. The predicted molar refractivity (Wildman–Crippen MR) is 87.3 cm³/mol. The maximum atomic E-state index is 12.5. The van der Waals surface area contributed by atoms with Crippen LogP contribution < -0.4 is 0 Å². The summed E-state index contributed by atoms with van der Waals surface area (Å²) in [5.74, 6) is 0. The van der Waals surface area contributed by atoms with Gasteiger partial charge < -0.3 is 24.6 Å². The Balaban J connectivity index is 0.000000671. The molecule has 0 unspecified atom stereocenters. The molecule has 129 valence electrons. The molecule has 0 aliphatic carbocycles. The van der Waals surface area contributed by atoms with Crippen molar-refractivity contribution in [3.63, 3.8) is 0 Å². The Morgan fingerprint density at radius 3 is 2.29 bits per heavy atom. The van der Waals surface area contributed by atoms with E-state index < -0.39 is 0 Å². The van der Waals surface area contributed by atoms with Crippen molar-refractivity contribution in [2.75, 3.05) is 26.7 Å². The van der Waals surface area contributed by atoms with Gasteiger partial charge in [-0.05, 0) is 31.5 Å². The van der Waals surface area contributed by atoms with Crippen molar-refractivity contribution in [3.8, 4) is 0 Å². The molecule has 1 radical (unpaired) electrons. The Bertz CT molecular complexity index is 521. The van der Waals surface area contributed by atoms with Gasteiger partial charge in [0.2, 0.25) is 0 Å². The number of hydrogen-bond acceptors (Lipinski definition) is 3. The first-order valence-corrected chi connectivity index (χ1v) is 7.73. The molecule has 1 atom stereocenters. The summed E-state index contributed by atoms with van der Waals surface area (Å²) in [5, 5.41) is 6.76. The first-order chi connectivity index (χ1) is 11.1. The maximum absolute atomic E-state index is 12.5. The number of amides is 2. The van der Waals surface area contributed by atoms with E-state index in [0.29, 0.717) is 12.5 Å². The van der Waals surface area contributed by atoms with Gasteiger partial charge in [0.25, 0.3) is 0 Å². The molecular formula is C17H23N3O3Y-2. The number of likely N-dealkylation sites (tertiary alicyclic amines) is 1. The summed E-state index contributed by atoms with van der Waals surface area (Å²) in [7, 11) is 5.89. The molecule has 24 heavy (non-hydrogen) atoms. The Morgan fingerprint density at radius 2 is 1.75 bits per heavy atom. The van der Waals surface area contributed by atoms with Crippen molar-refractivity contribution in [3.05, 3.63) is 42.9 Å². The number of benzene rings is 1. The maximum Gasteiger partial charge on any atom is 0.320 e. The number of nitrogens with zero attached hydrogens (tertiary/aromatic N) is 3. The zero-order valence-corrected chi connectivity index (χ0v) is 16.8. The topological polar surface area (TPSA) is 64.1 Å². The first kappa shape index (κ1) is 21.1. The van der Waals surface area contributed by atoms with Crippen LogP contribution in [0.1, 0.15) is 24.4 Å². The second-order valence-electron chi connectivity index (χ2n) is 5.94. The average molecular weight is 406 g/mol. The van der Waals surface area contributed by atoms with Crippen molar-refractivity contribution < 1.29 is 47.4 Å². The van der Waals surface area contributed by atoms with E-state index in [-0.39, 0.29) is 44.8 Å². The number of hydrogen-bond donors (Lipinski definition) is 1. The Hall–Kier alpha value is -0.976. The van der Waals surface area contributed by atoms with Crippen LogP contribution in [0.3, 0.4) is 0 Å². The number of carbonyl (C=O) groups excluding carboxylic acids is 1. The van der Waals surface area contributed by atoms with Crippen LogP contribution in [0.25, 0.3) is 0 Å². The number of aliphatic hydroxyl groups excluding tert-OH is 1. The molecule has 2 saturated heterocycles. The molecule has 0 saturated carbocycles. The molecule has 3 rings (SSSR count). The van der Waals surface area contributed by atoms with E-state index in [4.69, 9.17) is 9.90 Å². The molecule has 0 spiro atoms. The zero-order chi connectivity index (χ0) is 16.8. The molecule has 1 aromatic rings. The van der Waals surface area contributed by atoms with Crippen molar-refractivity contribution in [1.29, 1.82) is 0 Å². The summed E-state index contributed by atoms with van der Waals surface area (Å²) in [6.07, 6.45) is 2.04. The van der Waals surface area contributed by atoms with E-state index in [1.165, 1.54) is 5.56 Å². The third kappa shape index (κ3) is 5.01. The standard InChI is InChI=1S/C16H22N3O.CHO2.Y/c1-17-10-8-14(9-11-17)19-15(12-18(2)16(19)20)13-6-4-3-5-7-13;2-1-3;/h3-7,14-15H,1,8-12H2,2H3;(H,2,3);/q2*-1;/t15-;;/m0../s1. The number of piperidine rings is 1. The van der Waals surface area contributed by atoms with Gasteiger partial charge in [-0.25, -0.2) is 4.79 Å². The van der Waals surface area contributed by atoms with Gasteiger partial charge in [0.15, 0.2) is 0 Å². The molecule has 1 N–H and O–H groups in total. The molecule has 2 aliphatic heterocycles. The molecule has 2 aliphatic rings. The fraction of sp³-hybridized carbons (Fsp3) is 0.471. The second-order valence-corrected chi connectivity index (χ2v) is 5.94. The third-order valence-electron chi connectivity index (χ3n) is 4.46. The number of urea groups is 1. The van der Waals surface area contributed by atoms with Gasteiger partial charge in [0.1, 0.15) is 0 Å². The van der Waals surface area contributed by atoms with Crippen LogP contribution in [0.4, 0.5) is 4.79 Å². The van der Waals surface area contributed by atoms with Crippen molar-refractivity contribution >= 4 is 12.5 Å². The molecule has 1 aromatic carbocycles. The minimum Gasteiger partial charge on any atom is -0.665 e. The average Bonchev–Trinajstić information content (AvgIpc) is 2.86. The van der Waals surface area contributed by atoms with E-state index in [1.807, 2.05) is 18.0 Å². The molecule has 0 aromatic heterocycles. The van der Waals surface area contributed by atoms with E-state index >= 15 is 0 Å². The normalized spacial score (nSPS) is 21.8. The van der Waals surface area contributed by atoms with Crippen LogP contribution >= 0.6 is 0 Å². The molecule has 7 heteroatoms. The van der Waals surface area contributed by atoms with E-state index in [2.05, 4.69) is 41.1 Å². The molecular weight excluding hydrogens is 383 g/mol. The monoisotopic (exact) mass is 406 g/mol. The van der Waals surface area contributed by atoms with Crippen molar-refractivity contribution in [2.24, 2.45) is 0 Å². The van der Waals surface area contributed by atoms with Crippen molar-refractivity contribution in [2.45, 2.75) is 24.9 Å². The fourth-order valence-corrected chi connectivity index (χ4v) is 3.31. The first-order valence-electron chi connectivity index (χ1n) is 7.73. The zero-order valence-electron chi connectivity index (χ0n) is 14.0. The molecule has 2 amide bonds. The molecule has 2 heterocycles. The predicted octanol–water partition coefficient (Wildman–Crippen LogP) is 1.96. The van der Waals surface area contributed by atoms with Crippen LogP contribution in [0, 0.1) is 7.05 Å². The van der Waals surface area contributed by atoms with Gasteiger partial charge in [-0.2, -0.15) is 0 Å². The smallest absolute Gasteiger partial charge is 0.320 e. The number of likely N-dealkylation sites (N-methyl/N-ethyl adjacent to an activating group) is 1. The van der Waals surface area contributed by atoms with Gasteiger partial charge in [-0.3, -0.25) is 7.05 Å². The van der Waals surface area contributed by atoms with Gasteiger partial charge in [0, 0.05) is 52.3 Å². The number of carbonyl (C=O) groups is 1. The third-order valence-corrected chi connectivity index (χ3v) is 4.46. The van der Waals surface area contributed by atoms with Crippen LogP contribution in [0.15, 0.2) is 30.3 Å². The second kappa shape index (κ2) is 10.1. The quantitative estimate of drug-likeness (QED) is 0.763. The van der Waals surface area contributed by atoms with Crippen LogP contribution in [0.5, 0.6) is 0 Å². The molecule has 6 nitrogen and oxygen atoms in total. The van der Waals surface area contributed by atoms with Gasteiger partial charge in [-0.15, -0.1) is 0 Å². The van der Waals surface area contributed by atoms with Gasteiger partial charge in [0.05, 0.1) is 6.04 Å². The Labute approximate surface area is 168 Å². The Morgan fingerprint density at radius 1 is 1.21 bits per heavy atom. The SMILES string of the molecule is O=[C-]O.[CH2-]N1CCC(N2C(=O)N(C)C[C@H]2c2ccccc2)CC1.[Y]. The van der Waals surface area contributed by atoms with E-state index in [9.17, 15) is 4.79 Å². The van der Waals surface area contributed by atoms with Crippen molar-refractivity contribution in [1.82, 2.24) is 14.7 Å². The van der Waals surface area contributed by atoms with E-state index in [0.717, 1.165) is 32.5 Å². The summed E-state index contributed by atoms with van der Waals surface area (Å²) in [4.78, 5) is 26.8. The minimum absolute atomic E-state index is 0. The minimum atomic E-state index is 0. The van der Waals surface area contributed by atoms with Crippen LogP contribution in [0.2, 0.25) is 0 Å². The largest absolute Gasteiger partial charge is 0.665 e. The molecule has 0 bridgehead atoms. The number of rotatable bonds is 2. The summed E-state index contributed by atoms with van der Waals surface area (Å²) in [6, 6.07) is 11.1. The fourth-order valence-electron chi connectivity index (χ4n) is 3.31. The molecule has 2 fully saturated rings. The summed E-state index contributed by atoms with van der Waals surface area (Å²) in [5.41, 5.74) is 1.24. The van der Waals surface area contributed by atoms with Crippen LogP contribution in [-0.4, -0.2) is 65.0 Å². The van der Waals surface area contributed by atoms with Crippen LogP contribution in [-0.2, 0) is 37.5 Å². The van der Waals surface area contributed by atoms with E-state index in [1.54, 1.807) is 0 Å².